The van der Waals surface area contributed by atoms with Crippen molar-refractivity contribution in [2.75, 3.05) is 49.1 Å². The third-order valence-corrected chi connectivity index (χ3v) is 6.85. The van der Waals surface area contributed by atoms with E-state index in [2.05, 4.69) is 14.9 Å². The molecule has 178 valence electrons. The molecule has 3 aromatic rings. The number of piperidine rings is 1. The van der Waals surface area contributed by atoms with Crippen LogP contribution >= 0.6 is 0 Å². The Morgan fingerprint density at radius 2 is 1.82 bits per heavy atom. The molecule has 34 heavy (non-hydrogen) atoms. The maximum absolute atomic E-state index is 13.4. The number of halogens is 1. The average Bonchev–Trinajstić information content (AvgIpc) is 2.88. The number of carbonyl (C=O) groups excluding carboxylic acids is 1. The number of amides is 1. The summed E-state index contributed by atoms with van der Waals surface area (Å²) in [6, 6.07) is 10.2. The van der Waals surface area contributed by atoms with Gasteiger partial charge < -0.3 is 14.7 Å². The van der Waals surface area contributed by atoms with Crippen molar-refractivity contribution in [2.45, 2.75) is 26.3 Å². The van der Waals surface area contributed by atoms with Crippen LogP contribution in [0.1, 0.15) is 19.8 Å². The second-order valence-electron chi connectivity index (χ2n) is 8.90. The second-order valence-corrected chi connectivity index (χ2v) is 8.90. The Bertz CT molecular complexity index is 1240. The zero-order chi connectivity index (χ0) is 23.7. The molecule has 0 saturated carbocycles. The number of anilines is 2. The Morgan fingerprint density at radius 1 is 1.06 bits per heavy atom. The molecule has 9 heteroatoms. The molecular weight excluding hydrogens is 435 g/mol. The molecule has 2 aliphatic rings. The quantitative estimate of drug-likeness (QED) is 0.591. The van der Waals surface area contributed by atoms with Crippen LogP contribution in [-0.2, 0) is 11.3 Å². The van der Waals surface area contributed by atoms with E-state index < -0.39 is 0 Å². The minimum Gasteiger partial charge on any atom is -0.368 e. The van der Waals surface area contributed by atoms with Crippen molar-refractivity contribution in [1.29, 1.82) is 0 Å². The Hall–Kier alpha value is -3.49. The lowest BCUT2D eigenvalue weighted by Gasteiger charge is -2.40. The topological polar surface area (TPSA) is 74.6 Å². The van der Waals surface area contributed by atoms with Crippen LogP contribution in [0, 0.1) is 11.7 Å². The molecular formula is C25H29FN6O2. The van der Waals surface area contributed by atoms with Gasteiger partial charge in [-0.1, -0.05) is 0 Å². The zero-order valence-corrected chi connectivity index (χ0v) is 19.4. The van der Waals surface area contributed by atoms with E-state index in [-0.39, 0.29) is 23.2 Å². The first-order chi connectivity index (χ1) is 16.5. The molecule has 0 bridgehead atoms. The Kier molecular flexibility index (Phi) is 6.17. The molecule has 2 aliphatic heterocycles. The molecule has 0 N–H and O–H groups in total. The van der Waals surface area contributed by atoms with Gasteiger partial charge in [-0.05, 0) is 56.2 Å². The smallest absolute Gasteiger partial charge is 0.295 e. The van der Waals surface area contributed by atoms with Crippen LogP contribution in [0.15, 0.2) is 47.4 Å². The maximum Gasteiger partial charge on any atom is 0.295 e. The molecule has 1 amide bonds. The lowest BCUT2D eigenvalue weighted by molar-refractivity contribution is -0.136. The van der Waals surface area contributed by atoms with E-state index in [1.807, 2.05) is 28.9 Å². The van der Waals surface area contributed by atoms with E-state index >= 15 is 0 Å². The third-order valence-electron chi connectivity index (χ3n) is 6.85. The van der Waals surface area contributed by atoms with Gasteiger partial charge in [-0.15, -0.1) is 0 Å². The minimum atomic E-state index is -0.248. The van der Waals surface area contributed by atoms with Crippen molar-refractivity contribution in [3.05, 3.63) is 58.8 Å². The van der Waals surface area contributed by atoms with Crippen molar-refractivity contribution in [1.82, 2.24) is 19.4 Å². The third kappa shape index (κ3) is 4.22. The molecule has 1 aromatic carbocycles. The monoisotopic (exact) mass is 464 g/mol. The molecule has 0 radical (unpaired) electrons. The minimum absolute atomic E-state index is 0.140. The molecule has 5 rings (SSSR count). The van der Waals surface area contributed by atoms with Crippen LogP contribution in [0.3, 0.4) is 0 Å². The number of pyridine rings is 1. The van der Waals surface area contributed by atoms with Gasteiger partial charge in [0.2, 0.25) is 5.91 Å². The van der Waals surface area contributed by atoms with Crippen LogP contribution in [0.4, 0.5) is 15.9 Å². The molecule has 0 aliphatic carbocycles. The van der Waals surface area contributed by atoms with Crippen molar-refractivity contribution in [3.63, 3.8) is 0 Å². The normalized spacial score (nSPS) is 19.0. The Balaban J connectivity index is 1.29. The zero-order valence-electron chi connectivity index (χ0n) is 19.4. The SMILES string of the molecule is CCn1c(=O)c(N2CCC[C@@H](C(=O)N3CCN(c4ccc(F)cc4)CC3)C2)nc2cccnc21. The van der Waals surface area contributed by atoms with Gasteiger partial charge in [0.05, 0.1) is 5.92 Å². The first-order valence-corrected chi connectivity index (χ1v) is 11.9. The fourth-order valence-electron chi connectivity index (χ4n) is 5.03. The van der Waals surface area contributed by atoms with E-state index in [1.54, 1.807) is 22.9 Å². The number of fused-ring (bicyclic) bond motifs is 1. The van der Waals surface area contributed by atoms with E-state index in [4.69, 9.17) is 0 Å². The average molecular weight is 465 g/mol. The summed E-state index contributed by atoms with van der Waals surface area (Å²) < 4.78 is 14.9. The fourth-order valence-corrected chi connectivity index (χ4v) is 5.03. The Labute approximate surface area is 197 Å². The maximum atomic E-state index is 13.4. The van der Waals surface area contributed by atoms with Crippen molar-refractivity contribution in [3.8, 4) is 0 Å². The van der Waals surface area contributed by atoms with Gasteiger partial charge in [-0.2, -0.15) is 0 Å². The summed E-state index contributed by atoms with van der Waals surface area (Å²) in [5, 5.41) is 0. The number of rotatable bonds is 4. The van der Waals surface area contributed by atoms with Crippen LogP contribution < -0.4 is 15.4 Å². The number of carbonyl (C=O) groups is 1. The first kappa shape index (κ1) is 22.3. The summed E-state index contributed by atoms with van der Waals surface area (Å²) in [6.07, 6.45) is 3.32. The predicted octanol–water partition coefficient (Wildman–Crippen LogP) is 2.52. The second kappa shape index (κ2) is 9.40. The molecule has 0 unspecified atom stereocenters. The van der Waals surface area contributed by atoms with Gasteiger partial charge in [0.1, 0.15) is 11.3 Å². The van der Waals surface area contributed by atoms with Gasteiger partial charge >= 0.3 is 0 Å². The number of aryl methyl sites for hydroxylation is 1. The van der Waals surface area contributed by atoms with Crippen molar-refractivity contribution >= 4 is 28.6 Å². The summed E-state index contributed by atoms with van der Waals surface area (Å²) in [6.45, 7) is 6.34. The molecule has 0 spiro atoms. The van der Waals surface area contributed by atoms with E-state index in [0.717, 1.165) is 18.5 Å². The summed E-state index contributed by atoms with van der Waals surface area (Å²) >= 11 is 0. The molecule has 2 saturated heterocycles. The van der Waals surface area contributed by atoms with Crippen molar-refractivity contribution in [2.24, 2.45) is 5.92 Å². The predicted molar refractivity (Wildman–Crippen MR) is 130 cm³/mol. The van der Waals surface area contributed by atoms with Gasteiger partial charge in [-0.3, -0.25) is 14.2 Å². The van der Waals surface area contributed by atoms with Crippen molar-refractivity contribution < 1.29 is 9.18 Å². The number of hydrogen-bond acceptors (Lipinski definition) is 6. The highest BCUT2D eigenvalue weighted by molar-refractivity contribution is 5.80. The van der Waals surface area contributed by atoms with E-state index in [1.165, 1.54) is 12.1 Å². The van der Waals surface area contributed by atoms with Gasteiger partial charge in [0.15, 0.2) is 11.5 Å². The molecule has 4 heterocycles. The standard InChI is InChI=1S/C25H29FN6O2/c1-2-32-22-21(6-3-11-27-22)28-23(25(32)34)31-12-4-5-18(17-31)24(33)30-15-13-29(14-16-30)20-9-7-19(26)8-10-20/h3,6-11,18H,2,4-5,12-17H2,1H3/t18-/m1/s1. The number of aromatic nitrogens is 3. The summed E-state index contributed by atoms with van der Waals surface area (Å²) in [7, 11) is 0. The largest absolute Gasteiger partial charge is 0.368 e. The highest BCUT2D eigenvalue weighted by Crippen LogP contribution is 2.24. The molecule has 1 atom stereocenters. The lowest BCUT2D eigenvalue weighted by atomic mass is 9.96. The van der Waals surface area contributed by atoms with Gasteiger partial charge in [0.25, 0.3) is 5.56 Å². The van der Waals surface area contributed by atoms with Crippen LogP contribution in [0.25, 0.3) is 11.2 Å². The number of piperazine rings is 1. The molecule has 2 aromatic heterocycles. The summed E-state index contributed by atoms with van der Waals surface area (Å²) in [4.78, 5) is 41.6. The summed E-state index contributed by atoms with van der Waals surface area (Å²) in [5.41, 5.74) is 2.09. The number of hydrogen-bond donors (Lipinski definition) is 0. The highest BCUT2D eigenvalue weighted by atomic mass is 19.1. The Morgan fingerprint density at radius 3 is 2.56 bits per heavy atom. The highest BCUT2D eigenvalue weighted by Gasteiger charge is 2.32. The summed E-state index contributed by atoms with van der Waals surface area (Å²) in [5.74, 6) is 0.136. The van der Waals surface area contributed by atoms with E-state index in [0.29, 0.717) is 62.8 Å². The van der Waals surface area contributed by atoms with E-state index in [9.17, 15) is 14.0 Å². The number of nitrogens with zero attached hydrogens (tertiary/aromatic N) is 6. The number of benzene rings is 1. The molecule has 8 nitrogen and oxygen atoms in total. The van der Waals surface area contributed by atoms with Crippen LogP contribution in [0.5, 0.6) is 0 Å². The fraction of sp³-hybridized carbons (Fsp3) is 0.440. The van der Waals surface area contributed by atoms with Crippen LogP contribution in [0.2, 0.25) is 0 Å². The first-order valence-electron chi connectivity index (χ1n) is 11.9. The molecule has 2 fully saturated rings. The van der Waals surface area contributed by atoms with Gasteiger partial charge in [-0.25, -0.2) is 14.4 Å². The van der Waals surface area contributed by atoms with Crippen LogP contribution in [-0.4, -0.2) is 64.6 Å². The lowest BCUT2D eigenvalue weighted by Crippen LogP contribution is -2.53. The van der Waals surface area contributed by atoms with Gasteiger partial charge in [0, 0.05) is 57.7 Å².